The van der Waals surface area contributed by atoms with Gasteiger partial charge in [0.05, 0.1) is 5.56 Å². The van der Waals surface area contributed by atoms with Gasteiger partial charge in [0.2, 0.25) is 5.91 Å². The highest BCUT2D eigenvalue weighted by Crippen LogP contribution is 2.14. The summed E-state index contributed by atoms with van der Waals surface area (Å²) in [6, 6.07) is 5.94. The number of nitrogens with zero attached hydrogens (tertiary/aromatic N) is 1. The van der Waals surface area contributed by atoms with Crippen LogP contribution in [0.25, 0.3) is 0 Å². The third-order valence-corrected chi connectivity index (χ3v) is 3.75. The average molecular weight is 292 g/mol. The monoisotopic (exact) mass is 292 g/mol. The standard InChI is InChI=1S/C16H21FN2O2/c1-11(2)16(21)19-9-7-12(8-10-19)18-15(20)13-5-3-4-6-14(13)17/h3-6,11-12H,7-10H2,1-2H3,(H,18,20). The van der Waals surface area contributed by atoms with Crippen LogP contribution in [0, 0.1) is 11.7 Å². The molecule has 2 amide bonds. The van der Waals surface area contributed by atoms with Crippen molar-refractivity contribution in [2.75, 3.05) is 13.1 Å². The summed E-state index contributed by atoms with van der Waals surface area (Å²) < 4.78 is 13.5. The van der Waals surface area contributed by atoms with Crippen molar-refractivity contribution in [1.82, 2.24) is 10.2 Å². The van der Waals surface area contributed by atoms with Gasteiger partial charge in [0.1, 0.15) is 5.82 Å². The minimum atomic E-state index is -0.512. The van der Waals surface area contributed by atoms with Crippen molar-refractivity contribution >= 4 is 11.8 Å². The van der Waals surface area contributed by atoms with Gasteiger partial charge in [-0.15, -0.1) is 0 Å². The number of benzene rings is 1. The Morgan fingerprint density at radius 2 is 1.86 bits per heavy atom. The number of hydrogen-bond donors (Lipinski definition) is 1. The largest absolute Gasteiger partial charge is 0.349 e. The molecule has 1 aromatic carbocycles. The minimum Gasteiger partial charge on any atom is -0.349 e. The molecule has 1 aromatic rings. The maximum Gasteiger partial charge on any atom is 0.254 e. The van der Waals surface area contributed by atoms with Crippen LogP contribution < -0.4 is 5.32 Å². The molecule has 0 spiro atoms. The lowest BCUT2D eigenvalue weighted by Gasteiger charge is -2.33. The van der Waals surface area contributed by atoms with E-state index in [1.165, 1.54) is 12.1 Å². The van der Waals surface area contributed by atoms with E-state index >= 15 is 0 Å². The van der Waals surface area contributed by atoms with Gasteiger partial charge in [-0.25, -0.2) is 4.39 Å². The van der Waals surface area contributed by atoms with Crippen LogP contribution in [-0.2, 0) is 4.79 Å². The molecule has 1 fully saturated rings. The maximum atomic E-state index is 13.5. The number of nitrogens with one attached hydrogen (secondary N) is 1. The normalized spacial score (nSPS) is 16.1. The van der Waals surface area contributed by atoms with E-state index in [0.717, 1.165) is 0 Å². The van der Waals surface area contributed by atoms with Crippen LogP contribution in [0.1, 0.15) is 37.0 Å². The quantitative estimate of drug-likeness (QED) is 0.928. The predicted molar refractivity (Wildman–Crippen MR) is 78.3 cm³/mol. The first-order chi connectivity index (χ1) is 9.99. The second-order valence-electron chi connectivity index (χ2n) is 5.71. The van der Waals surface area contributed by atoms with Crippen molar-refractivity contribution in [3.8, 4) is 0 Å². The van der Waals surface area contributed by atoms with Crippen molar-refractivity contribution in [3.05, 3.63) is 35.6 Å². The Balaban J connectivity index is 1.88. The van der Waals surface area contributed by atoms with E-state index in [2.05, 4.69) is 5.32 Å². The molecule has 0 aliphatic carbocycles. The molecular weight excluding hydrogens is 271 g/mol. The first-order valence-corrected chi connectivity index (χ1v) is 7.33. The van der Waals surface area contributed by atoms with Gasteiger partial charge in [-0.05, 0) is 25.0 Å². The van der Waals surface area contributed by atoms with Gasteiger partial charge in [-0.1, -0.05) is 26.0 Å². The summed E-state index contributed by atoms with van der Waals surface area (Å²) in [7, 11) is 0. The number of amides is 2. The molecule has 4 nitrogen and oxygen atoms in total. The molecule has 0 unspecified atom stereocenters. The van der Waals surface area contributed by atoms with Crippen molar-refractivity contribution in [3.63, 3.8) is 0 Å². The number of halogens is 1. The van der Waals surface area contributed by atoms with Crippen LogP contribution in [0.5, 0.6) is 0 Å². The zero-order valence-corrected chi connectivity index (χ0v) is 12.4. The van der Waals surface area contributed by atoms with Crippen LogP contribution in [0.15, 0.2) is 24.3 Å². The van der Waals surface area contributed by atoms with Gasteiger partial charge < -0.3 is 10.2 Å². The summed E-state index contributed by atoms with van der Waals surface area (Å²) in [5, 5.41) is 2.85. The smallest absolute Gasteiger partial charge is 0.254 e. The first-order valence-electron chi connectivity index (χ1n) is 7.33. The van der Waals surface area contributed by atoms with Crippen LogP contribution in [0.2, 0.25) is 0 Å². The highest BCUT2D eigenvalue weighted by molar-refractivity contribution is 5.94. The number of rotatable bonds is 3. The molecule has 1 N–H and O–H groups in total. The van der Waals surface area contributed by atoms with E-state index in [1.54, 1.807) is 12.1 Å². The Bertz CT molecular complexity index is 523. The van der Waals surface area contributed by atoms with Crippen molar-refractivity contribution in [1.29, 1.82) is 0 Å². The molecule has 5 heteroatoms. The number of likely N-dealkylation sites (tertiary alicyclic amines) is 1. The molecule has 1 aliphatic heterocycles. The second kappa shape index (κ2) is 6.70. The lowest BCUT2D eigenvalue weighted by molar-refractivity contribution is -0.135. The molecule has 1 saturated heterocycles. The molecule has 114 valence electrons. The summed E-state index contributed by atoms with van der Waals surface area (Å²) in [6.45, 7) is 5.04. The fourth-order valence-electron chi connectivity index (χ4n) is 2.52. The molecule has 0 bridgehead atoms. The summed E-state index contributed by atoms with van der Waals surface area (Å²) in [4.78, 5) is 25.7. The van der Waals surface area contributed by atoms with E-state index in [1.807, 2.05) is 18.7 Å². The Morgan fingerprint density at radius 1 is 1.24 bits per heavy atom. The van der Waals surface area contributed by atoms with Gasteiger partial charge >= 0.3 is 0 Å². The number of carbonyl (C=O) groups excluding carboxylic acids is 2. The zero-order valence-electron chi connectivity index (χ0n) is 12.4. The third kappa shape index (κ3) is 3.80. The average Bonchev–Trinajstić information content (AvgIpc) is 2.47. The summed E-state index contributed by atoms with van der Waals surface area (Å²) >= 11 is 0. The number of hydrogen-bond acceptors (Lipinski definition) is 2. The van der Waals surface area contributed by atoms with Crippen LogP contribution in [-0.4, -0.2) is 35.8 Å². The van der Waals surface area contributed by atoms with E-state index in [4.69, 9.17) is 0 Å². The van der Waals surface area contributed by atoms with Gasteiger partial charge in [-0.2, -0.15) is 0 Å². The van der Waals surface area contributed by atoms with Crippen molar-refractivity contribution in [2.45, 2.75) is 32.7 Å². The van der Waals surface area contributed by atoms with E-state index in [0.29, 0.717) is 25.9 Å². The lowest BCUT2D eigenvalue weighted by Crippen LogP contribution is -2.47. The fraction of sp³-hybridized carbons (Fsp3) is 0.500. The third-order valence-electron chi connectivity index (χ3n) is 3.75. The molecule has 0 saturated carbocycles. The highest BCUT2D eigenvalue weighted by Gasteiger charge is 2.25. The molecule has 0 aromatic heterocycles. The molecule has 1 heterocycles. The van der Waals surface area contributed by atoms with Crippen LogP contribution in [0.4, 0.5) is 4.39 Å². The maximum absolute atomic E-state index is 13.5. The van der Waals surface area contributed by atoms with Gasteiger partial charge in [0, 0.05) is 25.0 Å². The second-order valence-corrected chi connectivity index (χ2v) is 5.71. The van der Waals surface area contributed by atoms with Crippen LogP contribution in [0.3, 0.4) is 0 Å². The van der Waals surface area contributed by atoms with Crippen molar-refractivity contribution < 1.29 is 14.0 Å². The Hall–Kier alpha value is -1.91. The predicted octanol–water partition coefficient (Wildman–Crippen LogP) is 2.20. The topological polar surface area (TPSA) is 49.4 Å². The molecule has 1 aliphatic rings. The Morgan fingerprint density at radius 3 is 2.43 bits per heavy atom. The van der Waals surface area contributed by atoms with Gasteiger partial charge in [0.25, 0.3) is 5.91 Å². The SMILES string of the molecule is CC(C)C(=O)N1CCC(NC(=O)c2ccccc2F)CC1. The molecule has 0 radical (unpaired) electrons. The Kier molecular flexibility index (Phi) is 4.94. The molecule has 21 heavy (non-hydrogen) atoms. The summed E-state index contributed by atoms with van der Waals surface area (Å²) in [5.41, 5.74) is 0.0678. The molecule has 2 rings (SSSR count). The lowest BCUT2D eigenvalue weighted by atomic mass is 10.0. The van der Waals surface area contributed by atoms with Gasteiger partial charge in [-0.3, -0.25) is 9.59 Å². The summed E-state index contributed by atoms with van der Waals surface area (Å²) in [5.74, 6) is -0.757. The van der Waals surface area contributed by atoms with E-state index in [9.17, 15) is 14.0 Å². The molecular formula is C16H21FN2O2. The minimum absolute atomic E-state index is 0.00504. The Labute approximate surface area is 124 Å². The molecule has 0 atom stereocenters. The zero-order chi connectivity index (χ0) is 15.4. The van der Waals surface area contributed by atoms with E-state index < -0.39 is 5.82 Å². The fourth-order valence-corrected chi connectivity index (χ4v) is 2.52. The van der Waals surface area contributed by atoms with Gasteiger partial charge in [0.15, 0.2) is 0 Å². The summed E-state index contributed by atoms with van der Waals surface area (Å²) in [6.07, 6.45) is 1.41. The number of carbonyl (C=O) groups is 2. The van der Waals surface area contributed by atoms with Crippen molar-refractivity contribution in [2.24, 2.45) is 5.92 Å². The highest BCUT2D eigenvalue weighted by atomic mass is 19.1. The first kappa shape index (κ1) is 15.5. The van der Waals surface area contributed by atoms with E-state index in [-0.39, 0.29) is 29.3 Å². The van der Waals surface area contributed by atoms with Crippen LogP contribution >= 0.6 is 0 Å². The number of piperidine rings is 1.